The number of nitrogens with one attached hydrogen (secondary N) is 2. The van der Waals surface area contributed by atoms with Gasteiger partial charge in [-0.25, -0.2) is 13.2 Å². The Bertz CT molecular complexity index is 640. The van der Waals surface area contributed by atoms with E-state index in [1.165, 1.54) is 6.42 Å². The fourth-order valence-corrected chi connectivity index (χ4v) is 5.23. The number of carbonyl (C=O) groups is 3. The van der Waals surface area contributed by atoms with E-state index in [2.05, 4.69) is 10.6 Å². The normalized spacial score (nSPS) is 26.4. The average Bonchev–Trinajstić information content (AvgIpc) is 2.76. The van der Waals surface area contributed by atoms with Crippen molar-refractivity contribution in [3.63, 3.8) is 0 Å². The molecule has 1 spiro atoms. The molecule has 3 rings (SSSR count). The molecule has 2 aliphatic heterocycles. The quantitative estimate of drug-likeness (QED) is 0.687. The zero-order valence-corrected chi connectivity index (χ0v) is 14.4. The summed E-state index contributed by atoms with van der Waals surface area (Å²) in [7, 11) is -3.15. The van der Waals surface area contributed by atoms with E-state index in [0.717, 1.165) is 30.6 Å². The first-order valence-electron chi connectivity index (χ1n) is 8.45. The van der Waals surface area contributed by atoms with Crippen molar-refractivity contribution in [3.8, 4) is 0 Å². The Kier molecular flexibility index (Phi) is 4.54. The highest BCUT2D eigenvalue weighted by molar-refractivity contribution is 7.91. The number of hydrogen-bond acceptors (Lipinski definition) is 5. The molecule has 0 bridgehead atoms. The molecule has 2 N–H and O–H groups in total. The third kappa shape index (κ3) is 3.40. The summed E-state index contributed by atoms with van der Waals surface area (Å²) in [5, 5.41) is 5.49. The zero-order chi connectivity index (χ0) is 17.4. The van der Waals surface area contributed by atoms with Gasteiger partial charge in [0.15, 0.2) is 9.84 Å². The summed E-state index contributed by atoms with van der Waals surface area (Å²) in [4.78, 5) is 37.8. The molecule has 9 heteroatoms. The second kappa shape index (κ2) is 6.34. The van der Waals surface area contributed by atoms with Crippen molar-refractivity contribution in [2.45, 2.75) is 56.5 Å². The Morgan fingerprint density at radius 2 is 1.79 bits per heavy atom. The highest BCUT2D eigenvalue weighted by Crippen LogP contribution is 2.30. The highest BCUT2D eigenvalue weighted by Gasteiger charge is 2.53. The lowest BCUT2D eigenvalue weighted by Crippen LogP contribution is -2.52. The first kappa shape index (κ1) is 17.2. The number of amides is 4. The van der Waals surface area contributed by atoms with Crippen LogP contribution in [-0.2, 0) is 19.4 Å². The second-order valence-electron chi connectivity index (χ2n) is 6.96. The summed E-state index contributed by atoms with van der Waals surface area (Å²) in [6.07, 6.45) is 5.31. The van der Waals surface area contributed by atoms with Crippen molar-refractivity contribution in [1.82, 2.24) is 15.5 Å². The molecular weight excluding hydrogens is 334 g/mol. The minimum absolute atomic E-state index is 0.0701. The summed E-state index contributed by atoms with van der Waals surface area (Å²) in [6.45, 7) is -0.310. The fraction of sp³-hybridized carbons (Fsp3) is 0.800. The molecule has 0 atom stereocenters. The summed E-state index contributed by atoms with van der Waals surface area (Å²) >= 11 is 0. The number of carbonyl (C=O) groups excluding carboxylic acids is 3. The van der Waals surface area contributed by atoms with Crippen LogP contribution in [0.5, 0.6) is 0 Å². The van der Waals surface area contributed by atoms with Gasteiger partial charge in [0.2, 0.25) is 5.91 Å². The van der Waals surface area contributed by atoms with Crippen LogP contribution in [0.25, 0.3) is 0 Å². The van der Waals surface area contributed by atoms with Gasteiger partial charge in [-0.15, -0.1) is 0 Å². The lowest BCUT2D eigenvalue weighted by atomic mass is 9.92. The molecule has 0 radical (unpaired) electrons. The monoisotopic (exact) mass is 357 g/mol. The predicted octanol–water partition coefficient (Wildman–Crippen LogP) is -0.0655. The molecule has 2 saturated heterocycles. The van der Waals surface area contributed by atoms with Crippen molar-refractivity contribution >= 4 is 27.7 Å². The second-order valence-corrected chi connectivity index (χ2v) is 9.26. The molecule has 24 heavy (non-hydrogen) atoms. The third-order valence-electron chi connectivity index (χ3n) is 5.20. The van der Waals surface area contributed by atoms with Crippen LogP contribution < -0.4 is 10.6 Å². The average molecular weight is 357 g/mol. The molecule has 2 heterocycles. The standard InChI is InChI=1S/C15H23N3O5S/c19-12(16-11-4-2-1-3-5-11)10-18-13(20)15(17-14(18)21)6-8-24(22,23)9-7-15/h11H,1-10H2,(H,16,19)(H,17,21). The van der Waals surface area contributed by atoms with Gasteiger partial charge in [-0.05, 0) is 25.7 Å². The largest absolute Gasteiger partial charge is 0.352 e. The Hall–Kier alpha value is -1.64. The van der Waals surface area contributed by atoms with E-state index < -0.39 is 27.3 Å². The zero-order valence-electron chi connectivity index (χ0n) is 13.5. The molecule has 4 amide bonds. The minimum atomic E-state index is -3.15. The van der Waals surface area contributed by atoms with Crippen LogP contribution >= 0.6 is 0 Å². The van der Waals surface area contributed by atoms with E-state index in [4.69, 9.17) is 0 Å². The van der Waals surface area contributed by atoms with Crippen molar-refractivity contribution < 1.29 is 22.8 Å². The molecule has 1 saturated carbocycles. The van der Waals surface area contributed by atoms with Crippen LogP contribution in [-0.4, -0.2) is 60.8 Å². The number of rotatable bonds is 3. The molecule has 0 aromatic carbocycles. The van der Waals surface area contributed by atoms with Crippen molar-refractivity contribution in [2.24, 2.45) is 0 Å². The van der Waals surface area contributed by atoms with Crippen LogP contribution in [0.15, 0.2) is 0 Å². The Labute approximate surface area is 141 Å². The topological polar surface area (TPSA) is 113 Å². The van der Waals surface area contributed by atoms with Gasteiger partial charge in [0.05, 0.1) is 11.5 Å². The number of nitrogens with zero attached hydrogens (tertiary/aromatic N) is 1. The maximum Gasteiger partial charge on any atom is 0.325 e. The molecule has 1 aliphatic carbocycles. The van der Waals surface area contributed by atoms with Crippen LogP contribution in [0.1, 0.15) is 44.9 Å². The molecule has 134 valence electrons. The Morgan fingerprint density at radius 1 is 1.17 bits per heavy atom. The van der Waals surface area contributed by atoms with Gasteiger partial charge in [0.25, 0.3) is 5.91 Å². The minimum Gasteiger partial charge on any atom is -0.352 e. The third-order valence-corrected chi connectivity index (χ3v) is 6.85. The predicted molar refractivity (Wildman–Crippen MR) is 85.9 cm³/mol. The summed E-state index contributed by atoms with van der Waals surface area (Å²) in [6, 6.07) is -0.501. The van der Waals surface area contributed by atoms with E-state index >= 15 is 0 Å². The van der Waals surface area contributed by atoms with Gasteiger partial charge in [0, 0.05) is 6.04 Å². The highest BCUT2D eigenvalue weighted by atomic mass is 32.2. The molecule has 0 unspecified atom stereocenters. The molecular formula is C15H23N3O5S. The van der Waals surface area contributed by atoms with Crippen molar-refractivity contribution in [3.05, 3.63) is 0 Å². The molecule has 0 aromatic rings. The molecule has 3 aliphatic rings. The summed E-state index contributed by atoms with van der Waals surface area (Å²) in [5.74, 6) is -1.07. The van der Waals surface area contributed by atoms with Gasteiger partial charge in [-0.3, -0.25) is 14.5 Å². The number of hydrogen-bond donors (Lipinski definition) is 2. The van der Waals surface area contributed by atoms with E-state index in [0.29, 0.717) is 0 Å². The smallest absolute Gasteiger partial charge is 0.325 e. The Balaban J connectivity index is 1.61. The Morgan fingerprint density at radius 3 is 2.42 bits per heavy atom. The maximum atomic E-state index is 12.6. The van der Waals surface area contributed by atoms with E-state index in [9.17, 15) is 22.8 Å². The number of imide groups is 1. The van der Waals surface area contributed by atoms with Gasteiger partial charge in [-0.2, -0.15) is 0 Å². The van der Waals surface area contributed by atoms with Crippen LogP contribution in [0.4, 0.5) is 4.79 Å². The van der Waals surface area contributed by atoms with Crippen LogP contribution in [0, 0.1) is 0 Å². The van der Waals surface area contributed by atoms with Gasteiger partial charge < -0.3 is 10.6 Å². The maximum absolute atomic E-state index is 12.6. The lowest BCUT2D eigenvalue weighted by molar-refractivity contribution is -0.135. The van der Waals surface area contributed by atoms with Crippen LogP contribution in [0.3, 0.4) is 0 Å². The lowest BCUT2D eigenvalue weighted by Gasteiger charge is -2.30. The number of sulfone groups is 1. The summed E-state index contributed by atoms with van der Waals surface area (Å²) in [5.41, 5.74) is -1.16. The first-order chi connectivity index (χ1) is 11.3. The number of urea groups is 1. The van der Waals surface area contributed by atoms with E-state index in [-0.39, 0.29) is 42.8 Å². The first-order valence-corrected chi connectivity index (χ1v) is 10.3. The molecule has 0 aromatic heterocycles. The van der Waals surface area contributed by atoms with Crippen molar-refractivity contribution in [1.29, 1.82) is 0 Å². The molecule has 3 fully saturated rings. The van der Waals surface area contributed by atoms with E-state index in [1.54, 1.807) is 0 Å². The van der Waals surface area contributed by atoms with Crippen LogP contribution in [0.2, 0.25) is 0 Å². The van der Waals surface area contributed by atoms with Crippen molar-refractivity contribution in [2.75, 3.05) is 18.1 Å². The van der Waals surface area contributed by atoms with Gasteiger partial charge in [0.1, 0.15) is 12.1 Å². The van der Waals surface area contributed by atoms with Gasteiger partial charge >= 0.3 is 6.03 Å². The van der Waals surface area contributed by atoms with E-state index in [1.807, 2.05) is 0 Å². The van der Waals surface area contributed by atoms with Gasteiger partial charge in [-0.1, -0.05) is 19.3 Å². The fourth-order valence-electron chi connectivity index (χ4n) is 3.71. The molecule has 8 nitrogen and oxygen atoms in total. The summed E-state index contributed by atoms with van der Waals surface area (Å²) < 4.78 is 23.1. The SMILES string of the molecule is O=C(CN1C(=O)NC2(CCS(=O)(=O)CC2)C1=O)NC1CCCCC1.